The van der Waals surface area contributed by atoms with Crippen LogP contribution >= 0.6 is 11.9 Å². The summed E-state index contributed by atoms with van der Waals surface area (Å²) in [6, 6.07) is 5.33. The Hall–Kier alpha value is -1.54. The molecule has 2 aromatic rings. The van der Waals surface area contributed by atoms with Gasteiger partial charge in [0.1, 0.15) is 0 Å². The van der Waals surface area contributed by atoms with Gasteiger partial charge in [0.25, 0.3) is 0 Å². The Balaban J connectivity index is 1.95. The van der Waals surface area contributed by atoms with Crippen molar-refractivity contribution in [1.82, 2.24) is 14.4 Å². The molecule has 2 heterocycles. The molecule has 0 spiro atoms. The van der Waals surface area contributed by atoms with Gasteiger partial charge in [-0.3, -0.25) is 0 Å². The van der Waals surface area contributed by atoms with Crippen molar-refractivity contribution < 1.29 is 17.7 Å². The summed E-state index contributed by atoms with van der Waals surface area (Å²) in [6.45, 7) is 0.734. The van der Waals surface area contributed by atoms with Gasteiger partial charge in [0.2, 0.25) is 5.82 Å². The molecule has 0 unspecified atom stereocenters. The highest BCUT2D eigenvalue weighted by Gasteiger charge is 2.38. The molecule has 8 heteroatoms. The molecule has 4 nitrogen and oxygen atoms in total. The molecule has 0 radical (unpaired) electrons. The van der Waals surface area contributed by atoms with Crippen molar-refractivity contribution in [1.29, 1.82) is 0 Å². The van der Waals surface area contributed by atoms with Gasteiger partial charge in [0.05, 0.1) is 0 Å². The number of hydrogen-bond acceptors (Lipinski definition) is 5. The number of hydrogen-bond donors (Lipinski definition) is 0. The van der Waals surface area contributed by atoms with Gasteiger partial charge >= 0.3 is 12.1 Å². The smallest absolute Gasteiger partial charge is 0.329 e. The maximum Gasteiger partial charge on any atom is 0.471 e. The van der Waals surface area contributed by atoms with Gasteiger partial charge < -0.3 is 4.52 Å². The van der Waals surface area contributed by atoms with Crippen molar-refractivity contribution in [2.45, 2.75) is 17.6 Å². The number of fused-ring (bicyclic) bond motifs is 1. The zero-order chi connectivity index (χ0) is 13.6. The average molecular weight is 287 g/mol. The van der Waals surface area contributed by atoms with Crippen LogP contribution in [0.4, 0.5) is 13.2 Å². The molecular formula is C11H8F3N3OS. The number of nitrogens with zero attached hydrogens (tertiary/aromatic N) is 3. The highest BCUT2D eigenvalue weighted by atomic mass is 32.2. The molecule has 0 fully saturated rings. The summed E-state index contributed by atoms with van der Waals surface area (Å²) >= 11 is 1.59. The van der Waals surface area contributed by atoms with E-state index >= 15 is 0 Å². The lowest BCUT2D eigenvalue weighted by molar-refractivity contribution is -0.159. The molecule has 0 saturated heterocycles. The maximum absolute atomic E-state index is 12.4. The molecule has 0 saturated carbocycles. The topological polar surface area (TPSA) is 42.2 Å². The van der Waals surface area contributed by atoms with Gasteiger partial charge in [-0.05, 0) is 42.8 Å². The fourth-order valence-corrected chi connectivity index (χ4v) is 2.74. The molecule has 0 amide bonds. The molecule has 0 bridgehead atoms. The Morgan fingerprint density at radius 3 is 2.84 bits per heavy atom. The molecule has 3 rings (SSSR count). The van der Waals surface area contributed by atoms with E-state index in [1.165, 1.54) is 0 Å². The van der Waals surface area contributed by atoms with E-state index in [9.17, 15) is 13.2 Å². The Kier molecular flexibility index (Phi) is 2.79. The van der Waals surface area contributed by atoms with E-state index in [-0.39, 0.29) is 5.82 Å². The number of benzene rings is 1. The van der Waals surface area contributed by atoms with E-state index in [0.717, 1.165) is 17.0 Å². The molecule has 1 aromatic carbocycles. The quantitative estimate of drug-likeness (QED) is 0.753. The minimum absolute atomic E-state index is 0.0466. The third-order valence-electron chi connectivity index (χ3n) is 2.63. The van der Waals surface area contributed by atoms with Crippen molar-refractivity contribution in [2.24, 2.45) is 0 Å². The third kappa shape index (κ3) is 2.33. The Bertz CT molecular complexity index is 626. The Morgan fingerprint density at radius 2 is 2.16 bits per heavy atom. The summed E-state index contributed by atoms with van der Waals surface area (Å²) in [5.41, 5.74) is 1.57. The van der Waals surface area contributed by atoms with Crippen LogP contribution in [-0.4, -0.2) is 21.5 Å². The van der Waals surface area contributed by atoms with E-state index in [0.29, 0.717) is 5.56 Å². The molecule has 0 N–H and O–H groups in total. The summed E-state index contributed by atoms with van der Waals surface area (Å²) in [5, 5.41) is 3.37. The fourth-order valence-electron chi connectivity index (χ4n) is 1.83. The zero-order valence-electron chi connectivity index (χ0n) is 9.73. The number of alkyl halides is 3. The predicted molar refractivity (Wildman–Crippen MR) is 62.1 cm³/mol. The van der Waals surface area contributed by atoms with Gasteiger partial charge in [0.15, 0.2) is 0 Å². The van der Waals surface area contributed by atoms with E-state index in [1.54, 1.807) is 24.1 Å². The van der Waals surface area contributed by atoms with Crippen LogP contribution in [0.5, 0.6) is 0 Å². The van der Waals surface area contributed by atoms with Crippen molar-refractivity contribution >= 4 is 11.9 Å². The lowest BCUT2D eigenvalue weighted by Crippen LogP contribution is -2.04. The first-order valence-electron chi connectivity index (χ1n) is 5.37. The predicted octanol–water partition coefficient (Wildman–Crippen LogP) is 3.21. The molecule has 0 atom stereocenters. The van der Waals surface area contributed by atoms with Crippen LogP contribution in [0.15, 0.2) is 27.6 Å². The second-order valence-electron chi connectivity index (χ2n) is 4.12. The highest BCUT2D eigenvalue weighted by Crippen LogP contribution is 2.36. The first kappa shape index (κ1) is 12.5. The second-order valence-corrected chi connectivity index (χ2v) is 5.37. The monoisotopic (exact) mass is 287 g/mol. The van der Waals surface area contributed by atoms with Crippen molar-refractivity contribution in [2.75, 3.05) is 7.05 Å². The first-order chi connectivity index (χ1) is 8.93. The van der Waals surface area contributed by atoms with Crippen LogP contribution in [0, 0.1) is 0 Å². The zero-order valence-corrected chi connectivity index (χ0v) is 10.5. The number of rotatable bonds is 1. The van der Waals surface area contributed by atoms with Crippen LogP contribution in [0.1, 0.15) is 11.5 Å². The molecular weight excluding hydrogens is 279 g/mol. The van der Waals surface area contributed by atoms with Gasteiger partial charge in [-0.1, -0.05) is 5.16 Å². The van der Waals surface area contributed by atoms with Gasteiger partial charge in [-0.15, -0.1) is 0 Å². The minimum Gasteiger partial charge on any atom is -0.329 e. The lowest BCUT2D eigenvalue weighted by atomic mass is 10.1. The van der Waals surface area contributed by atoms with E-state index in [1.807, 2.05) is 17.4 Å². The van der Waals surface area contributed by atoms with Crippen molar-refractivity contribution in [3.05, 3.63) is 29.7 Å². The minimum atomic E-state index is -4.61. The summed E-state index contributed by atoms with van der Waals surface area (Å²) in [4.78, 5) is 4.46. The summed E-state index contributed by atoms with van der Waals surface area (Å²) in [7, 11) is 1.94. The summed E-state index contributed by atoms with van der Waals surface area (Å²) in [5.74, 6) is -1.37. The summed E-state index contributed by atoms with van der Waals surface area (Å²) < 4.78 is 43.4. The SMILES string of the molecule is CN1Cc2cc(-c3noc(C(F)(F)F)n3)ccc2S1. The van der Waals surface area contributed by atoms with Crippen LogP contribution in [-0.2, 0) is 12.7 Å². The van der Waals surface area contributed by atoms with Gasteiger partial charge in [-0.25, -0.2) is 4.31 Å². The average Bonchev–Trinajstić information content (AvgIpc) is 2.90. The van der Waals surface area contributed by atoms with Crippen LogP contribution < -0.4 is 0 Å². The molecule has 1 aromatic heterocycles. The standard InChI is InChI=1S/C11H8F3N3OS/c1-17-5-7-4-6(2-3-8(7)19-17)9-15-10(18-16-9)11(12,13)14/h2-4H,5H2,1H3. The molecule has 1 aliphatic rings. The van der Waals surface area contributed by atoms with Crippen LogP contribution in [0.25, 0.3) is 11.4 Å². The van der Waals surface area contributed by atoms with E-state index in [2.05, 4.69) is 14.7 Å². The fraction of sp³-hybridized carbons (Fsp3) is 0.273. The molecule has 1 aliphatic heterocycles. The number of aromatic nitrogens is 2. The highest BCUT2D eigenvalue weighted by molar-refractivity contribution is 7.97. The summed E-state index contributed by atoms with van der Waals surface area (Å²) in [6.07, 6.45) is -4.61. The van der Waals surface area contributed by atoms with Crippen LogP contribution in [0.3, 0.4) is 0 Å². The van der Waals surface area contributed by atoms with Gasteiger partial charge in [-0.2, -0.15) is 18.2 Å². The van der Waals surface area contributed by atoms with Crippen molar-refractivity contribution in [3.63, 3.8) is 0 Å². The normalized spacial score (nSPS) is 15.8. The number of halogens is 3. The Morgan fingerprint density at radius 1 is 1.37 bits per heavy atom. The first-order valence-corrected chi connectivity index (χ1v) is 6.14. The Labute approximate surface area is 110 Å². The van der Waals surface area contributed by atoms with Gasteiger partial charge in [0, 0.05) is 17.0 Å². The lowest BCUT2D eigenvalue weighted by Gasteiger charge is -2.00. The maximum atomic E-state index is 12.4. The van der Waals surface area contributed by atoms with Crippen molar-refractivity contribution in [3.8, 4) is 11.4 Å². The second kappa shape index (κ2) is 4.24. The van der Waals surface area contributed by atoms with E-state index in [4.69, 9.17) is 0 Å². The van der Waals surface area contributed by atoms with Crippen LogP contribution in [0.2, 0.25) is 0 Å². The van der Waals surface area contributed by atoms with E-state index < -0.39 is 12.1 Å². The molecule has 0 aliphatic carbocycles. The molecule has 100 valence electrons. The third-order valence-corrected chi connectivity index (χ3v) is 3.67. The molecule has 19 heavy (non-hydrogen) atoms. The largest absolute Gasteiger partial charge is 0.471 e.